The molecule has 0 radical (unpaired) electrons. The van der Waals surface area contributed by atoms with E-state index in [2.05, 4.69) is 72.8 Å². The van der Waals surface area contributed by atoms with Crippen LogP contribution in [0.1, 0.15) is 0 Å². The molecule has 0 aliphatic heterocycles. The fraction of sp³-hybridized carbons (Fsp3) is 0. The first-order chi connectivity index (χ1) is 8.93. The molecule has 0 aliphatic carbocycles. The van der Waals surface area contributed by atoms with Crippen LogP contribution < -0.4 is 0 Å². The van der Waals surface area contributed by atoms with Gasteiger partial charge in [-0.3, -0.25) is 0 Å². The third-order valence-electron chi connectivity index (χ3n) is 3.08. The summed E-state index contributed by atoms with van der Waals surface area (Å²) in [5.74, 6) is 0. The Hall–Kier alpha value is -1.61. The summed E-state index contributed by atoms with van der Waals surface area (Å²) in [6, 6.07) is 29.6. The van der Waals surface area contributed by atoms with Crippen molar-refractivity contribution in [3.05, 3.63) is 84.9 Å². The molecule has 0 saturated heterocycles. The molecule has 0 nitrogen and oxygen atoms in total. The second-order valence-electron chi connectivity index (χ2n) is 4.31. The topological polar surface area (TPSA) is 0 Å². The maximum absolute atomic E-state index is 2.24. The van der Waals surface area contributed by atoms with Gasteiger partial charge in [0.05, 0.1) is 0 Å². The molecule has 3 rings (SSSR count). The van der Waals surface area contributed by atoms with Crippen LogP contribution in [0.3, 0.4) is 0 Å². The van der Waals surface area contributed by atoms with Crippen LogP contribution in [0.2, 0.25) is 0 Å². The van der Waals surface area contributed by atoms with Gasteiger partial charge in [-0.05, 0) is 28.3 Å². The lowest BCUT2D eigenvalue weighted by Crippen LogP contribution is -1.80. The van der Waals surface area contributed by atoms with Crippen LogP contribution in [0.25, 0.3) is 22.3 Å². The van der Waals surface area contributed by atoms with E-state index < -0.39 is 0 Å². The van der Waals surface area contributed by atoms with E-state index in [0.29, 0.717) is 0 Å². The van der Waals surface area contributed by atoms with Gasteiger partial charge in [0.15, 0.2) is 0 Å². The van der Waals surface area contributed by atoms with Crippen molar-refractivity contribution in [2.24, 2.45) is 0 Å². The van der Waals surface area contributed by atoms with E-state index in [1.807, 2.05) is 12.1 Å². The summed E-state index contributed by atoms with van der Waals surface area (Å²) in [5, 5.41) is 0. The molecule has 0 fully saturated rings. The van der Waals surface area contributed by atoms with Crippen LogP contribution in [0, 0.1) is 0 Å². The van der Waals surface area contributed by atoms with Crippen molar-refractivity contribution in [1.29, 1.82) is 0 Å². The average Bonchev–Trinajstić information content (AvgIpc) is 2.49. The zero-order chi connectivity index (χ0) is 12.2. The molecule has 19 heavy (non-hydrogen) atoms. The maximum atomic E-state index is 2.24. The van der Waals surface area contributed by atoms with Crippen LogP contribution >= 0.6 is 24.0 Å². The van der Waals surface area contributed by atoms with Crippen molar-refractivity contribution in [2.45, 2.75) is 0 Å². The molecule has 0 aliphatic rings. The van der Waals surface area contributed by atoms with E-state index in [0.717, 1.165) is 0 Å². The molecule has 1 heteroatoms. The minimum atomic E-state index is 0. The zero-order valence-electron chi connectivity index (χ0n) is 10.5. The Morgan fingerprint density at radius 1 is 0.368 bits per heavy atom. The fourth-order valence-electron chi connectivity index (χ4n) is 2.14. The van der Waals surface area contributed by atoms with Crippen molar-refractivity contribution in [3.63, 3.8) is 0 Å². The SMILES string of the molecule is I.c1ccc(-c2cccc(-c3ccccc3)c2)cc1. The second-order valence-corrected chi connectivity index (χ2v) is 4.31. The largest absolute Gasteiger partial charge is 0.107 e. The van der Waals surface area contributed by atoms with Crippen LogP contribution in [-0.4, -0.2) is 0 Å². The molecule has 0 atom stereocenters. The van der Waals surface area contributed by atoms with Gasteiger partial charge in [-0.15, -0.1) is 24.0 Å². The Balaban J connectivity index is 0.00000133. The predicted molar refractivity (Wildman–Crippen MR) is 92.7 cm³/mol. The molecule has 0 N–H and O–H groups in total. The van der Waals surface area contributed by atoms with Crippen LogP contribution in [-0.2, 0) is 0 Å². The Morgan fingerprint density at radius 3 is 1.16 bits per heavy atom. The molecule has 0 bridgehead atoms. The summed E-state index contributed by atoms with van der Waals surface area (Å²) < 4.78 is 0. The molecule has 94 valence electrons. The second kappa shape index (κ2) is 6.53. The van der Waals surface area contributed by atoms with Gasteiger partial charge in [0.2, 0.25) is 0 Å². The van der Waals surface area contributed by atoms with Gasteiger partial charge in [-0.25, -0.2) is 0 Å². The first-order valence-corrected chi connectivity index (χ1v) is 6.14. The third kappa shape index (κ3) is 3.24. The number of benzene rings is 3. The molecule has 0 amide bonds. The lowest BCUT2D eigenvalue weighted by atomic mass is 9.99. The zero-order valence-corrected chi connectivity index (χ0v) is 12.8. The Kier molecular flexibility index (Phi) is 4.74. The molecule has 0 aromatic heterocycles. The van der Waals surface area contributed by atoms with Gasteiger partial charge in [0, 0.05) is 0 Å². The van der Waals surface area contributed by atoms with Gasteiger partial charge in [0.1, 0.15) is 0 Å². The first-order valence-electron chi connectivity index (χ1n) is 6.14. The number of hydrogen-bond acceptors (Lipinski definition) is 0. The Bertz CT molecular complexity index is 575. The van der Waals surface area contributed by atoms with Crippen molar-refractivity contribution >= 4 is 24.0 Å². The predicted octanol–water partition coefficient (Wildman–Crippen LogP) is 5.64. The van der Waals surface area contributed by atoms with E-state index in [1.54, 1.807) is 0 Å². The van der Waals surface area contributed by atoms with Crippen molar-refractivity contribution in [2.75, 3.05) is 0 Å². The molecule has 0 saturated carbocycles. The average molecular weight is 358 g/mol. The van der Waals surface area contributed by atoms with Gasteiger partial charge >= 0.3 is 0 Å². The monoisotopic (exact) mass is 358 g/mol. The third-order valence-corrected chi connectivity index (χ3v) is 3.08. The minimum absolute atomic E-state index is 0. The molecule has 0 unspecified atom stereocenters. The summed E-state index contributed by atoms with van der Waals surface area (Å²) >= 11 is 0. The van der Waals surface area contributed by atoms with Crippen molar-refractivity contribution < 1.29 is 0 Å². The molecular formula is C18H15I. The highest BCUT2D eigenvalue weighted by Crippen LogP contribution is 2.25. The van der Waals surface area contributed by atoms with E-state index in [1.165, 1.54) is 22.3 Å². The number of halogens is 1. The molecule has 0 spiro atoms. The van der Waals surface area contributed by atoms with Crippen molar-refractivity contribution in [3.8, 4) is 22.3 Å². The van der Waals surface area contributed by atoms with Gasteiger partial charge in [-0.1, -0.05) is 78.9 Å². The summed E-state index contributed by atoms with van der Waals surface area (Å²) in [5.41, 5.74) is 5.04. The Morgan fingerprint density at radius 2 is 0.737 bits per heavy atom. The lowest BCUT2D eigenvalue weighted by Gasteiger charge is -2.05. The maximum Gasteiger partial charge on any atom is -0.0178 e. The van der Waals surface area contributed by atoms with E-state index in [9.17, 15) is 0 Å². The van der Waals surface area contributed by atoms with Gasteiger partial charge in [-0.2, -0.15) is 0 Å². The van der Waals surface area contributed by atoms with E-state index in [-0.39, 0.29) is 24.0 Å². The van der Waals surface area contributed by atoms with Crippen LogP contribution in [0.15, 0.2) is 84.9 Å². The van der Waals surface area contributed by atoms with Gasteiger partial charge < -0.3 is 0 Å². The molecular weight excluding hydrogens is 343 g/mol. The van der Waals surface area contributed by atoms with Crippen LogP contribution in [0.4, 0.5) is 0 Å². The molecule has 3 aromatic carbocycles. The normalized spacial score (nSPS) is 9.68. The quantitative estimate of drug-likeness (QED) is 0.520. The summed E-state index contributed by atoms with van der Waals surface area (Å²) in [7, 11) is 0. The standard InChI is InChI=1S/C18H14.HI/c1-3-8-15(9-4-1)17-12-7-13-18(14-17)16-10-5-2-6-11-16;/h1-14H;1H. The van der Waals surface area contributed by atoms with E-state index in [4.69, 9.17) is 0 Å². The summed E-state index contributed by atoms with van der Waals surface area (Å²) in [4.78, 5) is 0. The summed E-state index contributed by atoms with van der Waals surface area (Å²) in [6.07, 6.45) is 0. The van der Waals surface area contributed by atoms with Crippen molar-refractivity contribution in [1.82, 2.24) is 0 Å². The van der Waals surface area contributed by atoms with Crippen LogP contribution in [0.5, 0.6) is 0 Å². The molecule has 0 heterocycles. The highest BCUT2D eigenvalue weighted by atomic mass is 127. The van der Waals surface area contributed by atoms with Gasteiger partial charge in [0.25, 0.3) is 0 Å². The summed E-state index contributed by atoms with van der Waals surface area (Å²) in [6.45, 7) is 0. The highest BCUT2D eigenvalue weighted by Gasteiger charge is 2.00. The molecule has 3 aromatic rings. The fourth-order valence-corrected chi connectivity index (χ4v) is 2.14. The minimum Gasteiger partial charge on any atom is -0.107 e. The van der Waals surface area contributed by atoms with E-state index >= 15 is 0 Å². The first kappa shape index (κ1) is 13.8. The number of rotatable bonds is 2. The highest BCUT2D eigenvalue weighted by molar-refractivity contribution is 14.0. The Labute approximate surface area is 131 Å². The number of hydrogen-bond donors (Lipinski definition) is 0. The smallest absolute Gasteiger partial charge is 0.0178 e. The lowest BCUT2D eigenvalue weighted by molar-refractivity contribution is 1.59.